The molecular formula is C10H19NO. The Kier molecular flexibility index (Phi) is 3.27. The maximum atomic E-state index is 11.4. The van der Waals surface area contributed by atoms with Crippen molar-refractivity contribution in [3.05, 3.63) is 0 Å². The maximum Gasteiger partial charge on any atom is 0.149 e. The number of likely N-dealkylation sites (N-methyl/N-ethyl adjacent to an activating group) is 1. The number of nitrogens with zero attached hydrogens (tertiary/aromatic N) is 1. The Balaban J connectivity index is 2.58. The van der Waals surface area contributed by atoms with Crippen LogP contribution in [0.4, 0.5) is 0 Å². The third-order valence-electron chi connectivity index (χ3n) is 2.70. The minimum absolute atomic E-state index is 0.231. The van der Waals surface area contributed by atoms with Crippen LogP contribution < -0.4 is 0 Å². The van der Waals surface area contributed by atoms with Gasteiger partial charge in [-0.2, -0.15) is 0 Å². The summed E-state index contributed by atoms with van der Waals surface area (Å²) in [5, 5.41) is 0. The largest absolute Gasteiger partial charge is 0.298 e. The van der Waals surface area contributed by atoms with Crippen LogP contribution in [0.5, 0.6) is 0 Å². The lowest BCUT2D eigenvalue weighted by molar-refractivity contribution is -0.122. The van der Waals surface area contributed by atoms with Crippen LogP contribution in [0, 0.1) is 0 Å². The van der Waals surface area contributed by atoms with Gasteiger partial charge in [0.15, 0.2) is 0 Å². The predicted molar refractivity (Wildman–Crippen MR) is 50.2 cm³/mol. The maximum absolute atomic E-state index is 11.4. The highest BCUT2D eigenvalue weighted by Crippen LogP contribution is 2.21. The summed E-state index contributed by atoms with van der Waals surface area (Å²) >= 11 is 0. The van der Waals surface area contributed by atoms with E-state index in [-0.39, 0.29) is 6.04 Å². The van der Waals surface area contributed by atoms with Crippen LogP contribution in [-0.2, 0) is 4.79 Å². The van der Waals surface area contributed by atoms with Crippen LogP contribution in [0.1, 0.15) is 40.0 Å². The van der Waals surface area contributed by atoms with Gasteiger partial charge in [0.1, 0.15) is 5.78 Å². The zero-order valence-electron chi connectivity index (χ0n) is 8.34. The molecule has 0 aromatic heterocycles. The molecular weight excluding hydrogens is 150 g/mol. The fraction of sp³-hybridized carbons (Fsp3) is 0.900. The molecule has 0 aromatic carbocycles. The van der Waals surface area contributed by atoms with Crippen molar-refractivity contribution in [1.29, 1.82) is 0 Å². The number of ketones is 1. The number of carbonyl (C=O) groups is 1. The van der Waals surface area contributed by atoms with Crippen LogP contribution in [0.25, 0.3) is 0 Å². The van der Waals surface area contributed by atoms with Gasteiger partial charge in [-0.05, 0) is 33.2 Å². The number of hydrogen-bond acceptors (Lipinski definition) is 2. The Morgan fingerprint density at radius 3 is 2.58 bits per heavy atom. The van der Waals surface area contributed by atoms with Gasteiger partial charge in [-0.1, -0.05) is 6.92 Å². The molecule has 0 heterocycles. The van der Waals surface area contributed by atoms with E-state index in [4.69, 9.17) is 0 Å². The van der Waals surface area contributed by atoms with Gasteiger partial charge in [0.25, 0.3) is 0 Å². The first-order chi connectivity index (χ1) is 5.66. The van der Waals surface area contributed by atoms with E-state index < -0.39 is 0 Å². The highest BCUT2D eigenvalue weighted by Gasteiger charge is 2.30. The van der Waals surface area contributed by atoms with E-state index in [9.17, 15) is 4.79 Å². The highest BCUT2D eigenvalue weighted by atomic mass is 16.1. The van der Waals surface area contributed by atoms with Crippen molar-refractivity contribution in [2.75, 3.05) is 6.54 Å². The summed E-state index contributed by atoms with van der Waals surface area (Å²) in [5.74, 6) is 0.450. The molecule has 1 fully saturated rings. The van der Waals surface area contributed by atoms with Crippen molar-refractivity contribution in [2.45, 2.75) is 52.1 Å². The lowest BCUT2D eigenvalue weighted by atomic mass is 10.1. The van der Waals surface area contributed by atoms with Gasteiger partial charge in [0.2, 0.25) is 0 Å². The van der Waals surface area contributed by atoms with Crippen molar-refractivity contribution in [3.63, 3.8) is 0 Å². The molecule has 0 amide bonds. The summed E-state index contributed by atoms with van der Waals surface area (Å²) < 4.78 is 0. The first-order valence-corrected chi connectivity index (χ1v) is 4.95. The molecule has 2 heteroatoms. The highest BCUT2D eigenvalue weighted by molar-refractivity contribution is 5.85. The monoisotopic (exact) mass is 169 g/mol. The molecule has 0 bridgehead atoms. The Hall–Kier alpha value is -0.370. The van der Waals surface area contributed by atoms with Crippen molar-refractivity contribution in [2.24, 2.45) is 0 Å². The normalized spacial score (nSPS) is 24.4. The van der Waals surface area contributed by atoms with Gasteiger partial charge >= 0.3 is 0 Å². The standard InChI is InChI=1S/C10H19NO/c1-4-11(8(2)3)9-6-5-7-10(9)12/h8-9H,4-7H2,1-3H3. The quantitative estimate of drug-likeness (QED) is 0.642. The van der Waals surface area contributed by atoms with E-state index in [1.54, 1.807) is 0 Å². The molecule has 0 aromatic rings. The average molecular weight is 169 g/mol. The van der Waals surface area contributed by atoms with Crippen molar-refractivity contribution >= 4 is 5.78 Å². The lowest BCUT2D eigenvalue weighted by Gasteiger charge is -2.29. The fourth-order valence-electron chi connectivity index (χ4n) is 2.09. The fourth-order valence-corrected chi connectivity index (χ4v) is 2.09. The molecule has 70 valence electrons. The lowest BCUT2D eigenvalue weighted by Crippen LogP contribution is -2.42. The molecule has 1 unspecified atom stereocenters. The molecule has 0 N–H and O–H groups in total. The van der Waals surface area contributed by atoms with Gasteiger partial charge in [0, 0.05) is 12.5 Å². The minimum Gasteiger partial charge on any atom is -0.298 e. The van der Waals surface area contributed by atoms with Crippen molar-refractivity contribution in [1.82, 2.24) is 4.90 Å². The van der Waals surface area contributed by atoms with Gasteiger partial charge in [0.05, 0.1) is 6.04 Å². The van der Waals surface area contributed by atoms with Crippen molar-refractivity contribution < 1.29 is 4.79 Å². The van der Waals surface area contributed by atoms with E-state index in [0.29, 0.717) is 11.8 Å². The second-order valence-electron chi connectivity index (χ2n) is 3.80. The first kappa shape index (κ1) is 9.72. The number of rotatable bonds is 3. The van der Waals surface area contributed by atoms with Gasteiger partial charge in [-0.15, -0.1) is 0 Å². The summed E-state index contributed by atoms with van der Waals surface area (Å²) in [6.07, 6.45) is 2.96. The Morgan fingerprint density at radius 1 is 1.58 bits per heavy atom. The van der Waals surface area contributed by atoms with E-state index in [2.05, 4.69) is 25.7 Å². The first-order valence-electron chi connectivity index (χ1n) is 4.95. The van der Waals surface area contributed by atoms with E-state index >= 15 is 0 Å². The van der Waals surface area contributed by atoms with E-state index in [1.165, 1.54) is 0 Å². The summed E-state index contributed by atoms with van der Waals surface area (Å²) in [5.41, 5.74) is 0. The zero-order chi connectivity index (χ0) is 9.14. The molecule has 0 saturated heterocycles. The topological polar surface area (TPSA) is 20.3 Å². The molecule has 1 atom stereocenters. The SMILES string of the molecule is CCN(C(C)C)C1CCCC1=O. The Bertz CT molecular complexity index is 165. The number of carbonyl (C=O) groups excluding carboxylic acids is 1. The van der Waals surface area contributed by atoms with Crippen LogP contribution in [0.15, 0.2) is 0 Å². The smallest absolute Gasteiger partial charge is 0.149 e. The Labute approximate surface area is 74.9 Å². The molecule has 1 aliphatic rings. The predicted octanol–water partition coefficient (Wildman–Crippen LogP) is 1.84. The number of Topliss-reactive ketones (excluding diaryl/α,β-unsaturated/α-hetero) is 1. The summed E-state index contributed by atoms with van der Waals surface area (Å²) in [7, 11) is 0. The summed E-state index contributed by atoms with van der Waals surface area (Å²) in [6, 6.07) is 0.733. The molecule has 1 rings (SSSR count). The molecule has 2 nitrogen and oxygen atoms in total. The third-order valence-corrected chi connectivity index (χ3v) is 2.70. The zero-order valence-corrected chi connectivity index (χ0v) is 8.34. The Morgan fingerprint density at radius 2 is 2.25 bits per heavy atom. The van der Waals surface area contributed by atoms with Crippen LogP contribution in [0.3, 0.4) is 0 Å². The van der Waals surface area contributed by atoms with Gasteiger partial charge in [-0.25, -0.2) is 0 Å². The van der Waals surface area contributed by atoms with Crippen LogP contribution in [-0.4, -0.2) is 29.3 Å². The van der Waals surface area contributed by atoms with Gasteiger partial charge in [-0.3, -0.25) is 9.69 Å². The number of hydrogen-bond donors (Lipinski definition) is 0. The molecule has 0 aliphatic heterocycles. The summed E-state index contributed by atoms with van der Waals surface area (Å²) in [4.78, 5) is 13.7. The molecule has 0 radical (unpaired) electrons. The van der Waals surface area contributed by atoms with Crippen molar-refractivity contribution in [3.8, 4) is 0 Å². The van der Waals surface area contributed by atoms with Crippen LogP contribution in [0.2, 0.25) is 0 Å². The summed E-state index contributed by atoms with van der Waals surface area (Å²) in [6.45, 7) is 7.45. The molecule has 12 heavy (non-hydrogen) atoms. The second-order valence-corrected chi connectivity index (χ2v) is 3.80. The minimum atomic E-state index is 0.231. The van der Waals surface area contributed by atoms with Gasteiger partial charge < -0.3 is 0 Å². The van der Waals surface area contributed by atoms with Crippen LogP contribution >= 0.6 is 0 Å². The molecule has 0 spiro atoms. The van der Waals surface area contributed by atoms with E-state index in [1.807, 2.05) is 0 Å². The molecule has 1 aliphatic carbocycles. The third kappa shape index (κ3) is 1.86. The second kappa shape index (κ2) is 4.04. The van der Waals surface area contributed by atoms with E-state index in [0.717, 1.165) is 25.8 Å². The molecule has 1 saturated carbocycles. The average Bonchev–Trinajstić information content (AvgIpc) is 2.38.